The van der Waals surface area contributed by atoms with Gasteiger partial charge in [-0.25, -0.2) is 0 Å². The number of hydrogen-bond acceptors (Lipinski definition) is 6. The lowest BCUT2D eigenvalue weighted by molar-refractivity contribution is -0.152. The Hall–Kier alpha value is -1.93. The van der Waals surface area contributed by atoms with E-state index in [-0.39, 0.29) is 18.3 Å². The van der Waals surface area contributed by atoms with Crippen LogP contribution >= 0.6 is 0 Å². The van der Waals surface area contributed by atoms with Crippen molar-refractivity contribution in [2.75, 3.05) is 0 Å². The minimum absolute atomic E-state index is 0.0863. The molecule has 0 radical (unpaired) electrons. The smallest absolute Gasteiger partial charge is 0.303 e. The van der Waals surface area contributed by atoms with E-state index in [1.807, 2.05) is 24.3 Å². The number of aliphatic carboxylic acids is 1. The van der Waals surface area contributed by atoms with E-state index in [0.717, 1.165) is 31.2 Å². The molecule has 4 N–H and O–H groups in total. The molecule has 1 aliphatic heterocycles. The number of para-hydroxylation sites is 1. The summed E-state index contributed by atoms with van der Waals surface area (Å²) < 4.78 is 11.3. The van der Waals surface area contributed by atoms with Gasteiger partial charge in [0.25, 0.3) is 0 Å². The van der Waals surface area contributed by atoms with E-state index >= 15 is 0 Å². The van der Waals surface area contributed by atoms with Crippen molar-refractivity contribution < 1.29 is 34.7 Å². The maximum Gasteiger partial charge on any atom is 0.303 e. The Morgan fingerprint density at radius 3 is 2.70 bits per heavy atom. The molecule has 1 heterocycles. The summed E-state index contributed by atoms with van der Waals surface area (Å²) in [6.07, 6.45) is 4.84. The van der Waals surface area contributed by atoms with Crippen molar-refractivity contribution in [1.82, 2.24) is 0 Å². The number of aliphatic hydroxyl groups is 3. The van der Waals surface area contributed by atoms with Gasteiger partial charge in [-0.15, -0.1) is 0 Å². The fraction of sp³-hybridized carbons (Fsp3) is 0.609. The highest BCUT2D eigenvalue weighted by Crippen LogP contribution is 2.37. The largest absolute Gasteiger partial charge is 0.481 e. The number of carboxylic acids is 1. The number of carbonyl (C=O) groups is 1. The second-order valence-electron chi connectivity index (χ2n) is 8.24. The van der Waals surface area contributed by atoms with Gasteiger partial charge in [-0.2, -0.15) is 0 Å². The van der Waals surface area contributed by atoms with Crippen LogP contribution in [0.1, 0.15) is 50.5 Å². The Morgan fingerprint density at radius 2 is 1.90 bits per heavy atom. The van der Waals surface area contributed by atoms with Gasteiger partial charge < -0.3 is 29.9 Å². The topological polar surface area (TPSA) is 116 Å². The molecule has 166 valence electrons. The lowest BCUT2D eigenvalue weighted by atomic mass is 9.88. The minimum atomic E-state index is -0.986. The van der Waals surface area contributed by atoms with Gasteiger partial charge in [0.05, 0.1) is 18.8 Å². The maximum absolute atomic E-state index is 10.6. The quantitative estimate of drug-likeness (QED) is 0.340. The standard InChI is InChI=1S/C23H32O7/c24-18(23-29-14-15-7-5-6-9-21(15)30-23)12-11-17-16(19(25)13-20(17)26)8-3-1-2-4-10-22(27)28/h5-7,9,11-12,16-20,23-26H,1-4,8,10,13-14H2,(H,27,28)/b12-11+/t16-,17-,18+,19+,20-,23-/m1/s1. The van der Waals surface area contributed by atoms with E-state index in [1.54, 1.807) is 12.2 Å². The molecule has 0 spiro atoms. The SMILES string of the molecule is O=C(O)CCCCCC[C@@H]1[C@@H](/C=C/[C@H](O)[C@@H]2OCc3ccccc3O2)[C@H](O)C[C@@H]1O. The summed E-state index contributed by atoms with van der Waals surface area (Å²) in [6.45, 7) is 0.362. The zero-order valence-electron chi connectivity index (χ0n) is 17.1. The van der Waals surface area contributed by atoms with Gasteiger partial charge in [0.2, 0.25) is 6.29 Å². The van der Waals surface area contributed by atoms with Crippen LogP contribution in [0.15, 0.2) is 36.4 Å². The molecule has 1 saturated carbocycles. The molecular weight excluding hydrogens is 388 g/mol. The molecule has 0 unspecified atom stereocenters. The predicted octanol–water partition coefficient (Wildman–Crippen LogP) is 2.62. The van der Waals surface area contributed by atoms with E-state index in [0.29, 0.717) is 25.2 Å². The number of aliphatic hydroxyl groups excluding tert-OH is 3. The zero-order chi connectivity index (χ0) is 21.5. The van der Waals surface area contributed by atoms with Crippen molar-refractivity contribution in [2.45, 2.75) is 76.2 Å². The van der Waals surface area contributed by atoms with Crippen molar-refractivity contribution in [1.29, 1.82) is 0 Å². The van der Waals surface area contributed by atoms with Gasteiger partial charge in [-0.3, -0.25) is 4.79 Å². The van der Waals surface area contributed by atoms with Gasteiger partial charge in [-0.1, -0.05) is 49.6 Å². The van der Waals surface area contributed by atoms with Crippen molar-refractivity contribution >= 4 is 5.97 Å². The molecule has 1 aliphatic carbocycles. The summed E-state index contributed by atoms with van der Waals surface area (Å²) in [4.78, 5) is 10.6. The molecule has 1 fully saturated rings. The van der Waals surface area contributed by atoms with Gasteiger partial charge in [-0.05, 0) is 24.8 Å². The summed E-state index contributed by atoms with van der Waals surface area (Å²) in [5.74, 6) is -0.415. The highest BCUT2D eigenvalue weighted by Gasteiger charge is 2.40. The molecule has 3 rings (SSSR count). The number of fused-ring (bicyclic) bond motifs is 1. The third-order valence-corrected chi connectivity index (χ3v) is 6.02. The fourth-order valence-corrected chi connectivity index (χ4v) is 4.36. The van der Waals surface area contributed by atoms with Crippen LogP contribution in [-0.2, 0) is 16.1 Å². The second kappa shape index (κ2) is 10.9. The second-order valence-corrected chi connectivity index (χ2v) is 8.24. The molecule has 0 amide bonds. The Bertz CT molecular complexity index is 719. The number of hydrogen-bond donors (Lipinski definition) is 4. The zero-order valence-corrected chi connectivity index (χ0v) is 17.1. The first kappa shape index (κ1) is 22.7. The Balaban J connectivity index is 1.50. The molecule has 0 bridgehead atoms. The minimum Gasteiger partial charge on any atom is -0.481 e. The highest BCUT2D eigenvalue weighted by atomic mass is 16.7. The first-order valence-electron chi connectivity index (χ1n) is 10.8. The highest BCUT2D eigenvalue weighted by molar-refractivity contribution is 5.66. The summed E-state index contributed by atoms with van der Waals surface area (Å²) in [5.41, 5.74) is 0.933. The summed E-state index contributed by atoms with van der Waals surface area (Å²) in [6, 6.07) is 7.52. The first-order chi connectivity index (χ1) is 14.5. The van der Waals surface area contributed by atoms with E-state index in [2.05, 4.69) is 0 Å². The molecule has 6 atom stereocenters. The van der Waals surface area contributed by atoms with Crippen LogP contribution in [0.4, 0.5) is 0 Å². The normalized spacial score (nSPS) is 29.5. The Kier molecular flexibility index (Phi) is 8.27. The van der Waals surface area contributed by atoms with E-state index in [9.17, 15) is 20.1 Å². The number of rotatable bonds is 10. The van der Waals surface area contributed by atoms with Gasteiger partial charge >= 0.3 is 5.97 Å². The number of benzene rings is 1. The van der Waals surface area contributed by atoms with Crippen LogP contribution in [0, 0.1) is 11.8 Å². The predicted molar refractivity (Wildman–Crippen MR) is 110 cm³/mol. The monoisotopic (exact) mass is 420 g/mol. The average Bonchev–Trinajstić information content (AvgIpc) is 3.00. The van der Waals surface area contributed by atoms with E-state index < -0.39 is 30.6 Å². The number of ether oxygens (including phenoxy) is 2. The molecule has 7 nitrogen and oxygen atoms in total. The molecule has 0 saturated heterocycles. The summed E-state index contributed by atoms with van der Waals surface area (Å²) >= 11 is 0. The fourth-order valence-electron chi connectivity index (χ4n) is 4.36. The van der Waals surface area contributed by atoms with Crippen molar-refractivity contribution in [2.24, 2.45) is 11.8 Å². The van der Waals surface area contributed by atoms with Crippen LogP contribution < -0.4 is 4.74 Å². The Labute approximate surface area is 176 Å². The molecule has 7 heteroatoms. The average molecular weight is 421 g/mol. The lowest BCUT2D eigenvalue weighted by Gasteiger charge is -2.28. The first-order valence-corrected chi connectivity index (χ1v) is 10.8. The molecule has 30 heavy (non-hydrogen) atoms. The molecular formula is C23H32O7. The van der Waals surface area contributed by atoms with Gasteiger partial charge in [0, 0.05) is 24.3 Å². The Morgan fingerprint density at radius 1 is 1.13 bits per heavy atom. The summed E-state index contributed by atoms with van der Waals surface area (Å²) in [7, 11) is 0. The maximum atomic E-state index is 10.6. The van der Waals surface area contributed by atoms with Crippen molar-refractivity contribution in [3.05, 3.63) is 42.0 Å². The van der Waals surface area contributed by atoms with Crippen molar-refractivity contribution in [3.8, 4) is 5.75 Å². The molecule has 2 aliphatic rings. The van der Waals surface area contributed by atoms with E-state index in [4.69, 9.17) is 14.6 Å². The third-order valence-electron chi connectivity index (χ3n) is 6.02. The van der Waals surface area contributed by atoms with Crippen molar-refractivity contribution in [3.63, 3.8) is 0 Å². The van der Waals surface area contributed by atoms with Crippen LogP contribution in [0.5, 0.6) is 5.75 Å². The van der Waals surface area contributed by atoms with Crippen LogP contribution in [0.2, 0.25) is 0 Å². The molecule has 1 aromatic rings. The molecule has 1 aromatic carbocycles. The van der Waals surface area contributed by atoms with Crippen LogP contribution in [0.25, 0.3) is 0 Å². The number of carboxylic acid groups (broad SMARTS) is 1. The van der Waals surface area contributed by atoms with Crippen LogP contribution in [-0.4, -0.2) is 51.0 Å². The third kappa shape index (κ3) is 6.04. The molecule has 0 aromatic heterocycles. The van der Waals surface area contributed by atoms with E-state index in [1.165, 1.54) is 0 Å². The van der Waals surface area contributed by atoms with Gasteiger partial charge in [0.15, 0.2) is 0 Å². The summed E-state index contributed by atoms with van der Waals surface area (Å²) in [5, 5.41) is 39.9. The van der Waals surface area contributed by atoms with Crippen LogP contribution in [0.3, 0.4) is 0 Å². The number of unbranched alkanes of at least 4 members (excludes halogenated alkanes) is 3. The lowest BCUT2D eigenvalue weighted by Crippen LogP contribution is -2.36. The van der Waals surface area contributed by atoms with Gasteiger partial charge in [0.1, 0.15) is 11.9 Å².